The highest BCUT2D eigenvalue weighted by Crippen LogP contribution is 2.31. The van der Waals surface area contributed by atoms with E-state index in [0.29, 0.717) is 6.04 Å². The fourth-order valence-electron chi connectivity index (χ4n) is 3.28. The molecule has 0 aliphatic heterocycles. The third-order valence-corrected chi connectivity index (χ3v) is 4.54. The number of para-hydroxylation sites is 1. The predicted molar refractivity (Wildman–Crippen MR) is 85.1 cm³/mol. The van der Waals surface area contributed by atoms with Crippen LogP contribution in [0.2, 0.25) is 0 Å². The molecule has 1 fully saturated rings. The van der Waals surface area contributed by atoms with Crippen molar-refractivity contribution in [2.24, 2.45) is 11.8 Å². The molecule has 2 rings (SSSR count). The van der Waals surface area contributed by atoms with Crippen LogP contribution in [0.3, 0.4) is 0 Å². The average Bonchev–Trinajstić information content (AvgIpc) is 2.48. The molecule has 0 saturated heterocycles. The van der Waals surface area contributed by atoms with Gasteiger partial charge in [0.1, 0.15) is 5.75 Å². The Kier molecular flexibility index (Phi) is 6.38. The Morgan fingerprint density at radius 2 is 1.85 bits per heavy atom. The number of nitrogens with one attached hydrogen (secondary N) is 1. The van der Waals surface area contributed by atoms with Crippen LogP contribution >= 0.6 is 0 Å². The Morgan fingerprint density at radius 3 is 2.50 bits per heavy atom. The van der Waals surface area contributed by atoms with E-state index in [1.807, 2.05) is 30.3 Å². The van der Waals surface area contributed by atoms with Crippen molar-refractivity contribution in [2.45, 2.75) is 52.0 Å². The summed E-state index contributed by atoms with van der Waals surface area (Å²) in [4.78, 5) is 0. The van der Waals surface area contributed by atoms with E-state index in [2.05, 4.69) is 19.2 Å². The minimum Gasteiger partial charge on any atom is -0.494 e. The van der Waals surface area contributed by atoms with Gasteiger partial charge < -0.3 is 10.1 Å². The van der Waals surface area contributed by atoms with Gasteiger partial charge in [-0.1, -0.05) is 44.9 Å². The summed E-state index contributed by atoms with van der Waals surface area (Å²) in [7, 11) is 0. The van der Waals surface area contributed by atoms with Crippen LogP contribution in [0.5, 0.6) is 5.75 Å². The fraction of sp³-hybridized carbons (Fsp3) is 0.667. The van der Waals surface area contributed by atoms with Gasteiger partial charge in [0.15, 0.2) is 0 Å². The summed E-state index contributed by atoms with van der Waals surface area (Å²) in [6.07, 6.45) is 6.66. The van der Waals surface area contributed by atoms with Gasteiger partial charge >= 0.3 is 0 Å². The highest BCUT2D eigenvalue weighted by atomic mass is 16.5. The average molecular weight is 275 g/mol. The molecule has 1 aliphatic carbocycles. The molecule has 0 aromatic heterocycles. The van der Waals surface area contributed by atoms with Crippen LogP contribution in [-0.4, -0.2) is 19.2 Å². The van der Waals surface area contributed by atoms with Gasteiger partial charge in [-0.3, -0.25) is 0 Å². The first kappa shape index (κ1) is 15.4. The van der Waals surface area contributed by atoms with Gasteiger partial charge in [-0.15, -0.1) is 0 Å². The first-order valence-corrected chi connectivity index (χ1v) is 8.20. The van der Waals surface area contributed by atoms with Crippen LogP contribution in [-0.2, 0) is 0 Å². The smallest absolute Gasteiger partial charge is 0.119 e. The largest absolute Gasteiger partial charge is 0.494 e. The lowest BCUT2D eigenvalue weighted by Gasteiger charge is -2.33. The molecular weight excluding hydrogens is 246 g/mol. The summed E-state index contributed by atoms with van der Waals surface area (Å²) in [5.74, 6) is 2.75. The second-order valence-corrected chi connectivity index (χ2v) is 6.13. The number of hydrogen-bond acceptors (Lipinski definition) is 2. The van der Waals surface area contributed by atoms with Crippen LogP contribution in [0, 0.1) is 11.8 Å². The van der Waals surface area contributed by atoms with E-state index < -0.39 is 0 Å². The standard InChI is InChI=1S/C18H29NO/c1-3-19-18(16-11-9-15(2)10-12-16)13-14-20-17-7-5-4-6-8-17/h4-8,15-16,18-19H,3,9-14H2,1-2H3. The predicted octanol–water partition coefficient (Wildman–Crippen LogP) is 4.26. The maximum atomic E-state index is 5.85. The Morgan fingerprint density at radius 1 is 1.15 bits per heavy atom. The monoisotopic (exact) mass is 275 g/mol. The molecule has 2 heteroatoms. The van der Waals surface area contributed by atoms with E-state index in [1.165, 1.54) is 25.7 Å². The van der Waals surface area contributed by atoms with E-state index in [4.69, 9.17) is 4.74 Å². The van der Waals surface area contributed by atoms with Crippen molar-refractivity contribution >= 4 is 0 Å². The maximum Gasteiger partial charge on any atom is 0.119 e. The minimum absolute atomic E-state index is 0.621. The number of rotatable bonds is 7. The zero-order valence-electron chi connectivity index (χ0n) is 13.0. The number of hydrogen-bond donors (Lipinski definition) is 1. The van der Waals surface area contributed by atoms with Gasteiger partial charge in [-0.05, 0) is 49.8 Å². The van der Waals surface area contributed by atoms with E-state index in [1.54, 1.807) is 0 Å². The zero-order chi connectivity index (χ0) is 14.2. The van der Waals surface area contributed by atoms with Crippen LogP contribution in [0.4, 0.5) is 0 Å². The van der Waals surface area contributed by atoms with Gasteiger partial charge in [0.2, 0.25) is 0 Å². The van der Waals surface area contributed by atoms with Gasteiger partial charge in [-0.25, -0.2) is 0 Å². The topological polar surface area (TPSA) is 21.3 Å². The second kappa shape index (κ2) is 8.31. The zero-order valence-corrected chi connectivity index (χ0v) is 13.0. The molecular formula is C18H29NO. The number of ether oxygens (including phenoxy) is 1. The first-order valence-electron chi connectivity index (χ1n) is 8.20. The summed E-state index contributed by atoms with van der Waals surface area (Å²) in [6, 6.07) is 10.8. The van der Waals surface area contributed by atoms with Crippen LogP contribution in [0.15, 0.2) is 30.3 Å². The van der Waals surface area contributed by atoms with E-state index >= 15 is 0 Å². The Hall–Kier alpha value is -1.02. The Balaban J connectivity index is 1.77. The molecule has 112 valence electrons. The summed E-state index contributed by atoms with van der Waals surface area (Å²) in [5.41, 5.74) is 0. The fourth-order valence-corrected chi connectivity index (χ4v) is 3.28. The van der Waals surface area contributed by atoms with Crippen molar-refractivity contribution < 1.29 is 4.74 Å². The lowest BCUT2D eigenvalue weighted by atomic mass is 9.78. The molecule has 1 aliphatic rings. The van der Waals surface area contributed by atoms with Crippen molar-refractivity contribution in [2.75, 3.05) is 13.2 Å². The molecule has 20 heavy (non-hydrogen) atoms. The van der Waals surface area contributed by atoms with Gasteiger partial charge in [0, 0.05) is 6.04 Å². The molecule has 1 saturated carbocycles. The molecule has 0 bridgehead atoms. The van der Waals surface area contributed by atoms with Gasteiger partial charge in [-0.2, -0.15) is 0 Å². The highest BCUT2D eigenvalue weighted by molar-refractivity contribution is 5.20. The van der Waals surface area contributed by atoms with Crippen molar-refractivity contribution in [1.82, 2.24) is 5.32 Å². The van der Waals surface area contributed by atoms with Crippen molar-refractivity contribution in [3.8, 4) is 5.75 Å². The molecule has 1 unspecified atom stereocenters. The summed E-state index contributed by atoms with van der Waals surface area (Å²) >= 11 is 0. The first-order chi connectivity index (χ1) is 9.79. The Bertz CT molecular complexity index is 357. The highest BCUT2D eigenvalue weighted by Gasteiger charge is 2.25. The third-order valence-electron chi connectivity index (χ3n) is 4.54. The van der Waals surface area contributed by atoms with Crippen molar-refractivity contribution in [3.05, 3.63) is 30.3 Å². The van der Waals surface area contributed by atoms with Crippen LogP contribution < -0.4 is 10.1 Å². The molecule has 0 radical (unpaired) electrons. The molecule has 2 nitrogen and oxygen atoms in total. The summed E-state index contributed by atoms with van der Waals surface area (Å²) < 4.78 is 5.85. The van der Waals surface area contributed by atoms with Crippen molar-refractivity contribution in [1.29, 1.82) is 0 Å². The van der Waals surface area contributed by atoms with E-state index in [9.17, 15) is 0 Å². The molecule has 1 aromatic rings. The minimum atomic E-state index is 0.621. The van der Waals surface area contributed by atoms with Crippen LogP contribution in [0.25, 0.3) is 0 Å². The normalized spacial score (nSPS) is 24.3. The second-order valence-electron chi connectivity index (χ2n) is 6.13. The summed E-state index contributed by atoms with van der Waals surface area (Å²) in [6.45, 7) is 6.46. The quantitative estimate of drug-likeness (QED) is 0.803. The maximum absolute atomic E-state index is 5.85. The molecule has 0 amide bonds. The molecule has 1 atom stereocenters. The molecule has 0 spiro atoms. The van der Waals surface area contributed by atoms with Gasteiger partial charge in [0.05, 0.1) is 6.61 Å². The Labute approximate surface area is 123 Å². The van der Waals surface area contributed by atoms with Crippen molar-refractivity contribution in [3.63, 3.8) is 0 Å². The van der Waals surface area contributed by atoms with E-state index in [-0.39, 0.29) is 0 Å². The molecule has 0 heterocycles. The molecule has 1 N–H and O–H groups in total. The lowest BCUT2D eigenvalue weighted by molar-refractivity contribution is 0.198. The molecule has 1 aromatic carbocycles. The van der Waals surface area contributed by atoms with Crippen LogP contribution in [0.1, 0.15) is 46.0 Å². The summed E-state index contributed by atoms with van der Waals surface area (Å²) in [5, 5.41) is 3.67. The van der Waals surface area contributed by atoms with E-state index in [0.717, 1.165) is 37.2 Å². The third kappa shape index (κ3) is 4.82. The van der Waals surface area contributed by atoms with Gasteiger partial charge in [0.25, 0.3) is 0 Å². The SMILES string of the molecule is CCNC(CCOc1ccccc1)C1CCC(C)CC1. The number of benzene rings is 1. The lowest BCUT2D eigenvalue weighted by Crippen LogP contribution is -2.39.